The van der Waals surface area contributed by atoms with Crippen LogP contribution < -0.4 is 5.32 Å². The van der Waals surface area contributed by atoms with E-state index in [2.05, 4.69) is 31.2 Å². The van der Waals surface area contributed by atoms with Crippen LogP contribution in [-0.4, -0.2) is 16.5 Å². The predicted octanol–water partition coefficient (Wildman–Crippen LogP) is 3.46. The Morgan fingerprint density at radius 3 is 2.74 bits per heavy atom. The molecule has 0 fully saturated rings. The van der Waals surface area contributed by atoms with Crippen LogP contribution in [0.4, 0.5) is 4.39 Å². The molecule has 0 atom stereocenters. The maximum atomic E-state index is 13.1. The Kier molecular flexibility index (Phi) is 4.61. The number of halogens is 2. The Balaban J connectivity index is 2.41. The molecule has 0 aliphatic carbocycles. The summed E-state index contributed by atoms with van der Waals surface area (Å²) in [6, 6.07) is 6.47. The third kappa shape index (κ3) is 3.58. The Morgan fingerprint density at radius 1 is 1.26 bits per heavy atom. The minimum absolute atomic E-state index is 0.281. The zero-order valence-electron chi connectivity index (χ0n) is 10.9. The summed E-state index contributed by atoms with van der Waals surface area (Å²) < 4.78 is 13.8. The number of benzene rings is 1. The number of hydrogen-bond donors (Lipinski definition) is 1. The molecule has 19 heavy (non-hydrogen) atoms. The van der Waals surface area contributed by atoms with E-state index in [1.807, 2.05) is 19.9 Å². The normalized spacial score (nSPS) is 10.7. The van der Waals surface area contributed by atoms with Crippen LogP contribution in [0.1, 0.15) is 18.3 Å². The van der Waals surface area contributed by atoms with Gasteiger partial charge in [0, 0.05) is 22.3 Å². The van der Waals surface area contributed by atoms with E-state index in [0.717, 1.165) is 23.5 Å². The molecule has 0 bridgehead atoms. The molecule has 1 N–H and O–H groups in total. The zero-order chi connectivity index (χ0) is 13.8. The van der Waals surface area contributed by atoms with Gasteiger partial charge >= 0.3 is 0 Å². The first-order chi connectivity index (χ1) is 9.10. The first-order valence-electron chi connectivity index (χ1n) is 6.11. The highest BCUT2D eigenvalue weighted by Gasteiger charge is 2.09. The van der Waals surface area contributed by atoms with Gasteiger partial charge in [0.15, 0.2) is 5.82 Å². The summed E-state index contributed by atoms with van der Waals surface area (Å²) in [5.41, 5.74) is 2.62. The fraction of sp³-hybridized carbons (Fsp3) is 0.286. The van der Waals surface area contributed by atoms with Crippen molar-refractivity contribution in [1.29, 1.82) is 0 Å². The Bertz CT molecular complexity index is 587. The van der Waals surface area contributed by atoms with Crippen LogP contribution in [-0.2, 0) is 6.54 Å². The van der Waals surface area contributed by atoms with E-state index < -0.39 is 0 Å². The highest BCUT2D eigenvalue weighted by Crippen LogP contribution is 2.26. The van der Waals surface area contributed by atoms with Crippen molar-refractivity contribution < 1.29 is 4.39 Å². The summed E-state index contributed by atoms with van der Waals surface area (Å²) in [5.74, 6) is 0.330. The minimum Gasteiger partial charge on any atom is -0.311 e. The summed E-state index contributed by atoms with van der Waals surface area (Å²) in [6.45, 7) is 5.56. The molecule has 1 heterocycles. The van der Waals surface area contributed by atoms with Gasteiger partial charge < -0.3 is 5.32 Å². The highest BCUT2D eigenvalue weighted by atomic mass is 79.9. The molecule has 0 aliphatic heterocycles. The lowest BCUT2D eigenvalue weighted by Crippen LogP contribution is -2.13. The van der Waals surface area contributed by atoms with Crippen molar-refractivity contribution in [3.8, 4) is 11.4 Å². The lowest BCUT2D eigenvalue weighted by Gasteiger charge is -2.08. The van der Waals surface area contributed by atoms with Crippen molar-refractivity contribution in [2.45, 2.75) is 20.4 Å². The van der Waals surface area contributed by atoms with Crippen LogP contribution in [0.2, 0.25) is 0 Å². The maximum absolute atomic E-state index is 13.1. The first kappa shape index (κ1) is 14.1. The summed E-state index contributed by atoms with van der Waals surface area (Å²) >= 11 is 3.35. The van der Waals surface area contributed by atoms with Gasteiger partial charge in [0.2, 0.25) is 0 Å². The fourth-order valence-electron chi connectivity index (χ4n) is 1.77. The predicted molar refractivity (Wildman–Crippen MR) is 77.2 cm³/mol. The van der Waals surface area contributed by atoms with E-state index in [0.29, 0.717) is 16.8 Å². The smallest absolute Gasteiger partial charge is 0.160 e. The van der Waals surface area contributed by atoms with Crippen LogP contribution in [0.5, 0.6) is 0 Å². The molecule has 5 heteroatoms. The summed E-state index contributed by atoms with van der Waals surface area (Å²) in [6.07, 6.45) is 0. The molecule has 0 saturated heterocycles. The monoisotopic (exact) mass is 323 g/mol. The Labute approximate surface area is 120 Å². The van der Waals surface area contributed by atoms with Crippen LogP contribution >= 0.6 is 15.9 Å². The van der Waals surface area contributed by atoms with Gasteiger partial charge in [0.25, 0.3) is 0 Å². The lowest BCUT2D eigenvalue weighted by molar-refractivity contribution is 0.627. The second kappa shape index (κ2) is 6.21. The molecule has 0 amide bonds. The standard InChI is InChI=1S/C14H15BrFN3/c1-3-17-8-11-6-9(2)18-14(19-11)12-5-4-10(16)7-13(12)15/h4-7,17H,3,8H2,1-2H3. The van der Waals surface area contributed by atoms with Crippen molar-refractivity contribution >= 4 is 15.9 Å². The number of nitrogens with one attached hydrogen (secondary N) is 1. The summed E-state index contributed by atoms with van der Waals surface area (Å²) in [7, 11) is 0. The van der Waals surface area contributed by atoms with Gasteiger partial charge in [0.1, 0.15) is 5.82 Å². The van der Waals surface area contributed by atoms with Gasteiger partial charge in [-0.2, -0.15) is 0 Å². The number of rotatable bonds is 4. The fourth-order valence-corrected chi connectivity index (χ4v) is 2.30. The van der Waals surface area contributed by atoms with Crippen molar-refractivity contribution in [3.63, 3.8) is 0 Å². The molecule has 0 unspecified atom stereocenters. The molecule has 1 aromatic carbocycles. The van der Waals surface area contributed by atoms with E-state index in [1.165, 1.54) is 12.1 Å². The van der Waals surface area contributed by atoms with Gasteiger partial charge in [-0.1, -0.05) is 6.92 Å². The number of aryl methyl sites for hydroxylation is 1. The third-order valence-corrected chi connectivity index (χ3v) is 3.29. The Hall–Kier alpha value is -1.33. The molecule has 2 rings (SSSR count). The first-order valence-corrected chi connectivity index (χ1v) is 6.90. The van der Waals surface area contributed by atoms with E-state index in [-0.39, 0.29) is 5.82 Å². The average molecular weight is 324 g/mol. The number of hydrogen-bond acceptors (Lipinski definition) is 3. The van der Waals surface area contributed by atoms with Crippen LogP contribution in [0.3, 0.4) is 0 Å². The minimum atomic E-state index is -0.281. The quantitative estimate of drug-likeness (QED) is 0.936. The van der Waals surface area contributed by atoms with Gasteiger partial charge in [-0.05, 0) is 53.7 Å². The van der Waals surface area contributed by atoms with Crippen molar-refractivity contribution in [2.24, 2.45) is 0 Å². The van der Waals surface area contributed by atoms with Gasteiger partial charge in [0.05, 0.1) is 5.69 Å². The topological polar surface area (TPSA) is 37.8 Å². The zero-order valence-corrected chi connectivity index (χ0v) is 12.5. The SMILES string of the molecule is CCNCc1cc(C)nc(-c2ccc(F)cc2Br)n1. The molecule has 3 nitrogen and oxygen atoms in total. The largest absolute Gasteiger partial charge is 0.311 e. The summed E-state index contributed by atoms with van der Waals surface area (Å²) in [5, 5.41) is 3.23. The maximum Gasteiger partial charge on any atom is 0.160 e. The molecule has 0 saturated carbocycles. The molecular formula is C14H15BrFN3. The molecule has 0 spiro atoms. The van der Waals surface area contributed by atoms with Gasteiger partial charge in [-0.15, -0.1) is 0 Å². The second-order valence-electron chi connectivity index (χ2n) is 4.23. The molecule has 0 aliphatic rings. The van der Waals surface area contributed by atoms with E-state index in [9.17, 15) is 4.39 Å². The highest BCUT2D eigenvalue weighted by molar-refractivity contribution is 9.10. The van der Waals surface area contributed by atoms with Crippen molar-refractivity contribution in [3.05, 3.63) is 45.9 Å². The van der Waals surface area contributed by atoms with Crippen molar-refractivity contribution in [2.75, 3.05) is 6.54 Å². The number of nitrogens with zero attached hydrogens (tertiary/aromatic N) is 2. The van der Waals surface area contributed by atoms with E-state index >= 15 is 0 Å². The average Bonchev–Trinajstić information content (AvgIpc) is 2.35. The second-order valence-corrected chi connectivity index (χ2v) is 5.08. The van der Waals surface area contributed by atoms with E-state index in [1.54, 1.807) is 6.07 Å². The lowest BCUT2D eigenvalue weighted by atomic mass is 10.2. The van der Waals surface area contributed by atoms with Crippen LogP contribution in [0, 0.1) is 12.7 Å². The molecule has 1 aromatic heterocycles. The van der Waals surface area contributed by atoms with Crippen LogP contribution in [0.15, 0.2) is 28.7 Å². The van der Waals surface area contributed by atoms with Crippen molar-refractivity contribution in [1.82, 2.24) is 15.3 Å². The third-order valence-electron chi connectivity index (χ3n) is 2.64. The summed E-state index contributed by atoms with van der Waals surface area (Å²) in [4.78, 5) is 8.92. The van der Waals surface area contributed by atoms with Gasteiger partial charge in [-0.25, -0.2) is 14.4 Å². The molecule has 100 valence electrons. The van der Waals surface area contributed by atoms with E-state index in [4.69, 9.17) is 0 Å². The van der Waals surface area contributed by atoms with Gasteiger partial charge in [-0.3, -0.25) is 0 Å². The van der Waals surface area contributed by atoms with Crippen LogP contribution in [0.25, 0.3) is 11.4 Å². The number of aromatic nitrogens is 2. The molecule has 0 radical (unpaired) electrons. The molecule has 2 aromatic rings. The molecular weight excluding hydrogens is 309 g/mol. The Morgan fingerprint density at radius 2 is 2.05 bits per heavy atom.